The molecule has 0 bridgehead atoms. The Kier molecular flexibility index (Phi) is 7.23. The standard InChI is InChI=1S/C10H23NO2/c1-4-10(11,5-2)6-7-13-9-8-12-3/h4-9,11H2,1-3H3. The van der Waals surface area contributed by atoms with Gasteiger partial charge in [0.05, 0.1) is 13.2 Å². The second-order valence-corrected chi connectivity index (χ2v) is 3.42. The highest BCUT2D eigenvalue weighted by Gasteiger charge is 2.19. The van der Waals surface area contributed by atoms with Gasteiger partial charge in [0, 0.05) is 19.3 Å². The van der Waals surface area contributed by atoms with Crippen LogP contribution in [-0.2, 0) is 9.47 Å². The van der Waals surface area contributed by atoms with Gasteiger partial charge in [0.2, 0.25) is 0 Å². The van der Waals surface area contributed by atoms with Crippen molar-refractivity contribution in [1.82, 2.24) is 0 Å². The summed E-state index contributed by atoms with van der Waals surface area (Å²) < 4.78 is 10.2. The Bertz CT molecular complexity index is 113. The van der Waals surface area contributed by atoms with Crippen molar-refractivity contribution in [1.29, 1.82) is 0 Å². The van der Waals surface area contributed by atoms with Crippen LogP contribution in [0.2, 0.25) is 0 Å². The van der Waals surface area contributed by atoms with Gasteiger partial charge in [-0.2, -0.15) is 0 Å². The molecule has 80 valence electrons. The summed E-state index contributed by atoms with van der Waals surface area (Å²) in [6, 6.07) is 0. The van der Waals surface area contributed by atoms with Gasteiger partial charge in [-0.25, -0.2) is 0 Å². The molecule has 3 nitrogen and oxygen atoms in total. The van der Waals surface area contributed by atoms with Crippen molar-refractivity contribution in [2.24, 2.45) is 5.73 Å². The summed E-state index contributed by atoms with van der Waals surface area (Å²) in [6.07, 6.45) is 2.96. The van der Waals surface area contributed by atoms with Gasteiger partial charge in [0.25, 0.3) is 0 Å². The maximum Gasteiger partial charge on any atom is 0.0700 e. The Morgan fingerprint density at radius 2 is 1.69 bits per heavy atom. The van der Waals surface area contributed by atoms with Crippen molar-refractivity contribution >= 4 is 0 Å². The Balaban J connectivity index is 3.39. The van der Waals surface area contributed by atoms with Gasteiger partial charge in [-0.15, -0.1) is 0 Å². The van der Waals surface area contributed by atoms with E-state index in [1.807, 2.05) is 0 Å². The average Bonchev–Trinajstić information content (AvgIpc) is 2.17. The zero-order chi connectivity index (χ0) is 10.2. The molecule has 0 aromatic carbocycles. The molecule has 13 heavy (non-hydrogen) atoms. The number of hydrogen-bond donors (Lipinski definition) is 1. The van der Waals surface area contributed by atoms with Crippen molar-refractivity contribution in [3.8, 4) is 0 Å². The van der Waals surface area contributed by atoms with Gasteiger partial charge in [-0.3, -0.25) is 0 Å². The van der Waals surface area contributed by atoms with Crippen LogP contribution in [0.15, 0.2) is 0 Å². The first kappa shape index (κ1) is 12.9. The lowest BCUT2D eigenvalue weighted by Gasteiger charge is -2.26. The number of rotatable bonds is 8. The fraction of sp³-hybridized carbons (Fsp3) is 1.00. The highest BCUT2D eigenvalue weighted by Crippen LogP contribution is 2.15. The lowest BCUT2D eigenvalue weighted by atomic mass is 9.91. The van der Waals surface area contributed by atoms with Gasteiger partial charge in [-0.05, 0) is 19.3 Å². The van der Waals surface area contributed by atoms with E-state index in [1.54, 1.807) is 7.11 Å². The molecule has 3 heteroatoms. The molecule has 0 fully saturated rings. The summed E-state index contributed by atoms with van der Waals surface area (Å²) in [5.74, 6) is 0. The van der Waals surface area contributed by atoms with Crippen molar-refractivity contribution in [3.05, 3.63) is 0 Å². The molecule has 0 aromatic rings. The SMILES string of the molecule is CCC(N)(CC)CCOCCOC. The van der Waals surface area contributed by atoms with E-state index in [2.05, 4.69) is 13.8 Å². The van der Waals surface area contributed by atoms with E-state index in [4.69, 9.17) is 15.2 Å². The summed E-state index contributed by atoms with van der Waals surface area (Å²) in [4.78, 5) is 0. The number of methoxy groups -OCH3 is 1. The van der Waals surface area contributed by atoms with Crippen molar-refractivity contribution in [2.75, 3.05) is 26.9 Å². The Morgan fingerprint density at radius 3 is 2.15 bits per heavy atom. The van der Waals surface area contributed by atoms with Gasteiger partial charge < -0.3 is 15.2 Å². The average molecular weight is 189 g/mol. The monoisotopic (exact) mass is 189 g/mol. The van der Waals surface area contributed by atoms with Crippen LogP contribution < -0.4 is 5.73 Å². The minimum absolute atomic E-state index is 0.0347. The van der Waals surface area contributed by atoms with E-state index in [1.165, 1.54) is 0 Å². The molecule has 0 heterocycles. The summed E-state index contributed by atoms with van der Waals surface area (Å²) >= 11 is 0. The summed E-state index contributed by atoms with van der Waals surface area (Å²) in [7, 11) is 1.68. The lowest BCUT2D eigenvalue weighted by molar-refractivity contribution is 0.0603. The van der Waals surface area contributed by atoms with Crippen molar-refractivity contribution in [2.45, 2.75) is 38.6 Å². The third-order valence-corrected chi connectivity index (χ3v) is 2.58. The first-order valence-electron chi connectivity index (χ1n) is 5.04. The molecular formula is C10H23NO2. The quantitative estimate of drug-likeness (QED) is 0.589. The maximum absolute atomic E-state index is 6.10. The van der Waals surface area contributed by atoms with Crippen LogP contribution in [0.25, 0.3) is 0 Å². The Hall–Kier alpha value is -0.120. The maximum atomic E-state index is 6.10. The van der Waals surface area contributed by atoms with Gasteiger partial charge >= 0.3 is 0 Å². The smallest absolute Gasteiger partial charge is 0.0700 e. The third-order valence-electron chi connectivity index (χ3n) is 2.58. The zero-order valence-electron chi connectivity index (χ0n) is 9.14. The van der Waals surface area contributed by atoms with Gasteiger partial charge in [0.1, 0.15) is 0 Å². The number of ether oxygens (including phenoxy) is 2. The van der Waals surface area contributed by atoms with E-state index in [-0.39, 0.29) is 5.54 Å². The van der Waals surface area contributed by atoms with Crippen LogP contribution in [0.1, 0.15) is 33.1 Å². The van der Waals surface area contributed by atoms with E-state index < -0.39 is 0 Å². The van der Waals surface area contributed by atoms with Crippen LogP contribution in [0.3, 0.4) is 0 Å². The molecule has 0 saturated heterocycles. The highest BCUT2D eigenvalue weighted by atomic mass is 16.5. The molecule has 0 aliphatic carbocycles. The van der Waals surface area contributed by atoms with E-state index >= 15 is 0 Å². The predicted octanol–water partition coefficient (Wildman–Crippen LogP) is 1.56. The molecule has 0 saturated carbocycles. The molecule has 0 aliphatic heterocycles. The summed E-state index contributed by atoms with van der Waals surface area (Å²) in [5.41, 5.74) is 6.07. The largest absolute Gasteiger partial charge is 0.382 e. The van der Waals surface area contributed by atoms with Crippen molar-refractivity contribution < 1.29 is 9.47 Å². The molecule has 0 aliphatic rings. The minimum Gasteiger partial charge on any atom is -0.382 e. The van der Waals surface area contributed by atoms with Gasteiger partial charge in [-0.1, -0.05) is 13.8 Å². The van der Waals surface area contributed by atoms with Crippen LogP contribution >= 0.6 is 0 Å². The topological polar surface area (TPSA) is 44.5 Å². The first-order valence-corrected chi connectivity index (χ1v) is 5.04. The van der Waals surface area contributed by atoms with E-state index in [9.17, 15) is 0 Å². The summed E-state index contributed by atoms with van der Waals surface area (Å²) in [5, 5.41) is 0. The fourth-order valence-electron chi connectivity index (χ4n) is 1.12. The van der Waals surface area contributed by atoms with Crippen molar-refractivity contribution in [3.63, 3.8) is 0 Å². The van der Waals surface area contributed by atoms with E-state index in [0.29, 0.717) is 13.2 Å². The zero-order valence-corrected chi connectivity index (χ0v) is 9.14. The van der Waals surface area contributed by atoms with Crippen LogP contribution in [0.4, 0.5) is 0 Å². The minimum atomic E-state index is -0.0347. The molecule has 0 aromatic heterocycles. The van der Waals surface area contributed by atoms with Gasteiger partial charge in [0.15, 0.2) is 0 Å². The van der Waals surface area contributed by atoms with Crippen LogP contribution in [0.5, 0.6) is 0 Å². The number of hydrogen-bond acceptors (Lipinski definition) is 3. The molecule has 0 atom stereocenters. The molecule has 0 rings (SSSR count). The molecule has 0 amide bonds. The third kappa shape index (κ3) is 6.02. The number of nitrogens with two attached hydrogens (primary N) is 1. The molecule has 2 N–H and O–H groups in total. The Morgan fingerprint density at radius 1 is 1.08 bits per heavy atom. The first-order chi connectivity index (χ1) is 6.18. The van der Waals surface area contributed by atoms with Crippen LogP contribution in [0, 0.1) is 0 Å². The lowest BCUT2D eigenvalue weighted by Crippen LogP contribution is -2.39. The van der Waals surface area contributed by atoms with Crippen LogP contribution in [-0.4, -0.2) is 32.5 Å². The summed E-state index contributed by atoms with van der Waals surface area (Å²) in [6.45, 7) is 6.31. The second kappa shape index (κ2) is 7.30. The molecular weight excluding hydrogens is 166 g/mol. The Labute approximate surface area is 81.6 Å². The predicted molar refractivity (Wildman–Crippen MR) is 54.8 cm³/mol. The molecule has 0 spiro atoms. The molecule has 0 unspecified atom stereocenters. The molecule has 0 radical (unpaired) electrons. The normalized spacial score (nSPS) is 12.0. The fourth-order valence-corrected chi connectivity index (χ4v) is 1.12. The second-order valence-electron chi connectivity index (χ2n) is 3.42. The van der Waals surface area contributed by atoms with E-state index in [0.717, 1.165) is 25.9 Å². The highest BCUT2D eigenvalue weighted by molar-refractivity contribution is 4.80.